The molecule has 0 aromatic carbocycles. The number of hydrogen-bond donors (Lipinski definition) is 2. The molecule has 1 aromatic heterocycles. The summed E-state index contributed by atoms with van der Waals surface area (Å²) in [7, 11) is 0. The molecule has 19 heavy (non-hydrogen) atoms. The Morgan fingerprint density at radius 3 is 2.68 bits per heavy atom. The quantitative estimate of drug-likeness (QED) is 0.782. The van der Waals surface area contributed by atoms with Crippen molar-refractivity contribution < 1.29 is 9.90 Å². The normalized spacial score (nSPS) is 12.0. The van der Waals surface area contributed by atoms with E-state index in [1.807, 2.05) is 6.07 Å². The van der Waals surface area contributed by atoms with E-state index < -0.39 is 6.10 Å². The van der Waals surface area contributed by atoms with Gasteiger partial charge in [-0.2, -0.15) is 0 Å². The maximum atomic E-state index is 11.7. The van der Waals surface area contributed by atoms with Crippen molar-refractivity contribution in [1.82, 2.24) is 10.3 Å². The van der Waals surface area contributed by atoms with Crippen LogP contribution in [0.15, 0.2) is 18.3 Å². The van der Waals surface area contributed by atoms with Crippen molar-refractivity contribution in [3.63, 3.8) is 0 Å². The first-order valence-electron chi connectivity index (χ1n) is 6.75. The van der Waals surface area contributed by atoms with Crippen LogP contribution in [0.5, 0.6) is 0 Å². The van der Waals surface area contributed by atoms with Gasteiger partial charge in [-0.25, -0.2) is 4.98 Å². The molecule has 1 unspecified atom stereocenters. The van der Waals surface area contributed by atoms with E-state index in [2.05, 4.69) is 29.0 Å². The highest BCUT2D eigenvalue weighted by molar-refractivity contribution is 5.94. The van der Waals surface area contributed by atoms with Gasteiger partial charge in [0.25, 0.3) is 5.91 Å². The minimum absolute atomic E-state index is 0.210. The Morgan fingerprint density at radius 1 is 1.47 bits per heavy atom. The molecule has 2 N–H and O–H groups in total. The number of carbonyl (C=O) groups is 1. The molecule has 1 aromatic rings. The largest absolute Gasteiger partial charge is 0.392 e. The number of aliphatic hydroxyl groups excluding tert-OH is 1. The van der Waals surface area contributed by atoms with Gasteiger partial charge in [0.1, 0.15) is 5.82 Å². The molecule has 1 amide bonds. The molecule has 1 atom stereocenters. The first-order chi connectivity index (χ1) is 9.08. The second kappa shape index (κ2) is 7.74. The lowest BCUT2D eigenvalue weighted by Gasteiger charge is -2.21. The summed E-state index contributed by atoms with van der Waals surface area (Å²) >= 11 is 0. The van der Waals surface area contributed by atoms with Gasteiger partial charge < -0.3 is 15.3 Å². The Morgan fingerprint density at radius 2 is 2.21 bits per heavy atom. The third-order valence-corrected chi connectivity index (χ3v) is 2.77. The van der Waals surface area contributed by atoms with Crippen LogP contribution < -0.4 is 10.2 Å². The van der Waals surface area contributed by atoms with Crippen LogP contribution in [0.3, 0.4) is 0 Å². The van der Waals surface area contributed by atoms with Crippen LogP contribution in [0.4, 0.5) is 5.82 Å². The summed E-state index contributed by atoms with van der Waals surface area (Å²) in [6.07, 6.45) is 2.09. The van der Waals surface area contributed by atoms with E-state index in [4.69, 9.17) is 5.11 Å². The number of anilines is 1. The summed E-state index contributed by atoms with van der Waals surface area (Å²) in [4.78, 5) is 18.2. The zero-order chi connectivity index (χ0) is 14.3. The first kappa shape index (κ1) is 15.4. The lowest BCUT2D eigenvalue weighted by Crippen LogP contribution is -2.30. The van der Waals surface area contributed by atoms with Crippen molar-refractivity contribution in [1.29, 1.82) is 0 Å². The fraction of sp³-hybridized carbons (Fsp3) is 0.571. The van der Waals surface area contributed by atoms with E-state index in [0.717, 1.165) is 25.3 Å². The van der Waals surface area contributed by atoms with E-state index in [1.165, 1.54) is 0 Å². The Balaban J connectivity index is 2.67. The molecule has 0 radical (unpaired) electrons. The van der Waals surface area contributed by atoms with Crippen molar-refractivity contribution >= 4 is 11.7 Å². The third-order valence-electron chi connectivity index (χ3n) is 2.77. The number of amides is 1. The van der Waals surface area contributed by atoms with E-state index in [9.17, 15) is 4.79 Å². The minimum Gasteiger partial charge on any atom is -0.392 e. The summed E-state index contributed by atoms with van der Waals surface area (Å²) < 4.78 is 0. The Hall–Kier alpha value is -1.62. The molecule has 0 bridgehead atoms. The standard InChI is InChI=1S/C14H23N3O2/c1-4-8-17(5-2)13-7-6-12(10-15-13)14(19)16-9-11(3)18/h6-7,10-11,18H,4-5,8-9H2,1-3H3,(H,16,19). The molecule has 0 saturated carbocycles. The van der Waals surface area contributed by atoms with E-state index in [0.29, 0.717) is 5.56 Å². The summed E-state index contributed by atoms with van der Waals surface area (Å²) in [6, 6.07) is 3.62. The second-order valence-corrected chi connectivity index (χ2v) is 4.54. The lowest BCUT2D eigenvalue weighted by atomic mass is 10.2. The average Bonchev–Trinajstić information content (AvgIpc) is 2.42. The number of rotatable bonds is 7. The molecule has 5 heteroatoms. The number of nitrogens with one attached hydrogen (secondary N) is 1. The number of aromatic nitrogens is 1. The van der Waals surface area contributed by atoms with Crippen molar-refractivity contribution in [2.24, 2.45) is 0 Å². The molecule has 106 valence electrons. The SMILES string of the molecule is CCCN(CC)c1ccc(C(=O)NCC(C)O)cn1. The minimum atomic E-state index is -0.545. The van der Waals surface area contributed by atoms with Crippen LogP contribution in [0.25, 0.3) is 0 Å². The Labute approximate surface area is 114 Å². The van der Waals surface area contributed by atoms with Gasteiger partial charge in [-0.15, -0.1) is 0 Å². The van der Waals surface area contributed by atoms with Gasteiger partial charge in [-0.05, 0) is 32.4 Å². The van der Waals surface area contributed by atoms with Gasteiger partial charge in [0.15, 0.2) is 0 Å². The highest BCUT2D eigenvalue weighted by Crippen LogP contribution is 2.11. The monoisotopic (exact) mass is 265 g/mol. The molecule has 0 fully saturated rings. The van der Waals surface area contributed by atoms with Gasteiger partial charge in [0.05, 0.1) is 11.7 Å². The highest BCUT2D eigenvalue weighted by atomic mass is 16.3. The molecule has 0 saturated heterocycles. The highest BCUT2D eigenvalue weighted by Gasteiger charge is 2.09. The molecule has 1 heterocycles. The van der Waals surface area contributed by atoms with Crippen LogP contribution in [0, 0.1) is 0 Å². The third kappa shape index (κ3) is 4.87. The predicted molar refractivity (Wildman–Crippen MR) is 76.4 cm³/mol. The Bertz CT molecular complexity index is 390. The summed E-state index contributed by atoms with van der Waals surface area (Å²) in [5, 5.41) is 11.8. The zero-order valence-corrected chi connectivity index (χ0v) is 11.9. The smallest absolute Gasteiger partial charge is 0.252 e. The van der Waals surface area contributed by atoms with Crippen LogP contribution in [-0.2, 0) is 0 Å². The number of carbonyl (C=O) groups excluding carboxylic acids is 1. The molecular formula is C14H23N3O2. The first-order valence-corrected chi connectivity index (χ1v) is 6.75. The van der Waals surface area contributed by atoms with E-state index in [1.54, 1.807) is 19.2 Å². The summed E-state index contributed by atoms with van der Waals surface area (Å²) in [5.41, 5.74) is 0.511. The van der Waals surface area contributed by atoms with E-state index >= 15 is 0 Å². The fourth-order valence-corrected chi connectivity index (χ4v) is 1.75. The topological polar surface area (TPSA) is 65.5 Å². The Kier molecular flexibility index (Phi) is 6.29. The molecule has 1 rings (SSSR count). The predicted octanol–water partition coefficient (Wildman–Crippen LogP) is 1.43. The van der Waals surface area contributed by atoms with Crippen LogP contribution >= 0.6 is 0 Å². The lowest BCUT2D eigenvalue weighted by molar-refractivity contribution is 0.0923. The summed E-state index contributed by atoms with van der Waals surface area (Å²) in [6.45, 7) is 7.94. The van der Waals surface area contributed by atoms with Crippen LogP contribution in [0.1, 0.15) is 37.6 Å². The van der Waals surface area contributed by atoms with Crippen LogP contribution in [-0.4, -0.2) is 41.7 Å². The summed E-state index contributed by atoms with van der Waals surface area (Å²) in [5.74, 6) is 0.676. The van der Waals surface area contributed by atoms with E-state index in [-0.39, 0.29) is 12.5 Å². The molecule has 0 spiro atoms. The molecule has 5 nitrogen and oxygen atoms in total. The zero-order valence-electron chi connectivity index (χ0n) is 11.9. The number of aliphatic hydroxyl groups is 1. The maximum absolute atomic E-state index is 11.7. The van der Waals surface area contributed by atoms with Gasteiger partial charge in [0, 0.05) is 25.8 Å². The molecule has 0 aliphatic heterocycles. The number of pyridine rings is 1. The molecule has 0 aliphatic rings. The molecule has 0 aliphatic carbocycles. The van der Waals surface area contributed by atoms with Crippen molar-refractivity contribution in [3.8, 4) is 0 Å². The number of nitrogens with zero attached hydrogens (tertiary/aromatic N) is 2. The van der Waals surface area contributed by atoms with Gasteiger partial charge >= 0.3 is 0 Å². The van der Waals surface area contributed by atoms with Crippen LogP contribution in [0.2, 0.25) is 0 Å². The second-order valence-electron chi connectivity index (χ2n) is 4.54. The maximum Gasteiger partial charge on any atom is 0.252 e. The molecular weight excluding hydrogens is 242 g/mol. The fourth-order valence-electron chi connectivity index (χ4n) is 1.75. The van der Waals surface area contributed by atoms with Crippen molar-refractivity contribution in [2.45, 2.75) is 33.3 Å². The average molecular weight is 265 g/mol. The van der Waals surface area contributed by atoms with Gasteiger partial charge in [-0.3, -0.25) is 4.79 Å². The van der Waals surface area contributed by atoms with Crippen molar-refractivity contribution in [3.05, 3.63) is 23.9 Å². The van der Waals surface area contributed by atoms with Crippen molar-refractivity contribution in [2.75, 3.05) is 24.5 Å². The van der Waals surface area contributed by atoms with Gasteiger partial charge in [-0.1, -0.05) is 6.92 Å². The number of hydrogen-bond acceptors (Lipinski definition) is 4. The van der Waals surface area contributed by atoms with Gasteiger partial charge in [0.2, 0.25) is 0 Å².